The van der Waals surface area contributed by atoms with Crippen molar-refractivity contribution in [1.82, 2.24) is 4.57 Å². The predicted molar refractivity (Wildman–Crippen MR) is 119 cm³/mol. The molecule has 29 heavy (non-hydrogen) atoms. The highest BCUT2D eigenvalue weighted by Gasteiger charge is 2.22. The minimum atomic E-state index is -0.435. The summed E-state index contributed by atoms with van der Waals surface area (Å²) in [6, 6.07) is 15.8. The normalized spacial score (nSPS) is 10.8. The molecule has 0 atom stereocenters. The fourth-order valence-corrected chi connectivity index (χ4v) is 3.79. The van der Waals surface area contributed by atoms with Gasteiger partial charge in [0.15, 0.2) is 0 Å². The number of anilines is 1. The summed E-state index contributed by atoms with van der Waals surface area (Å²) in [7, 11) is 0. The summed E-state index contributed by atoms with van der Waals surface area (Å²) >= 11 is 6.35. The number of hydrogen-bond acceptors (Lipinski definition) is 2. The van der Waals surface area contributed by atoms with E-state index in [4.69, 9.17) is 11.6 Å². The largest absolute Gasteiger partial charge is 0.342 e. The Hall–Kier alpha value is -2.85. The van der Waals surface area contributed by atoms with Crippen LogP contribution in [0.15, 0.2) is 53.3 Å². The fraction of sp³-hybridized carbons (Fsp3) is 0.250. The average molecular weight is 409 g/mol. The standard InChI is InChI=1S/C24H25ClN2O2/c1-5-19-13-9-10-15(2)22(19)26-24(29)20-16(3)27(17(4)21(25)23(20)28)14-18-11-7-6-8-12-18/h6-13H,5,14H2,1-4H3,(H,26,29). The molecule has 5 heteroatoms. The molecule has 0 saturated carbocycles. The molecule has 0 aliphatic heterocycles. The molecule has 0 saturated heterocycles. The molecule has 0 aliphatic carbocycles. The van der Waals surface area contributed by atoms with E-state index < -0.39 is 11.3 Å². The van der Waals surface area contributed by atoms with Crippen molar-refractivity contribution in [2.75, 3.05) is 5.32 Å². The lowest BCUT2D eigenvalue weighted by atomic mass is 10.0. The molecule has 0 spiro atoms. The Morgan fingerprint density at radius 2 is 1.69 bits per heavy atom. The molecule has 0 aliphatic rings. The maximum Gasteiger partial charge on any atom is 0.261 e. The molecule has 0 bridgehead atoms. The van der Waals surface area contributed by atoms with Crippen LogP contribution >= 0.6 is 11.6 Å². The van der Waals surface area contributed by atoms with Crippen molar-refractivity contribution in [3.63, 3.8) is 0 Å². The molecule has 1 N–H and O–H groups in total. The number of halogens is 1. The van der Waals surface area contributed by atoms with Crippen LogP contribution in [0.5, 0.6) is 0 Å². The van der Waals surface area contributed by atoms with Gasteiger partial charge in [-0.3, -0.25) is 9.59 Å². The second-order valence-corrected chi connectivity index (χ2v) is 7.56. The van der Waals surface area contributed by atoms with E-state index in [0.717, 1.165) is 28.8 Å². The van der Waals surface area contributed by atoms with Crippen LogP contribution in [0.25, 0.3) is 0 Å². The minimum absolute atomic E-state index is 0.0807. The molecule has 1 amide bonds. The van der Waals surface area contributed by atoms with Gasteiger partial charge < -0.3 is 9.88 Å². The first-order valence-electron chi connectivity index (χ1n) is 9.68. The van der Waals surface area contributed by atoms with E-state index in [-0.39, 0.29) is 10.6 Å². The number of carbonyl (C=O) groups is 1. The first-order valence-corrected chi connectivity index (χ1v) is 10.1. The monoisotopic (exact) mass is 408 g/mol. The van der Waals surface area contributed by atoms with Gasteiger partial charge in [-0.05, 0) is 43.9 Å². The van der Waals surface area contributed by atoms with Crippen molar-refractivity contribution >= 4 is 23.2 Å². The molecule has 0 fully saturated rings. The maximum atomic E-state index is 13.2. The van der Waals surface area contributed by atoms with Gasteiger partial charge in [0.2, 0.25) is 5.43 Å². The SMILES string of the molecule is CCc1cccc(C)c1NC(=O)c1c(C)n(Cc2ccccc2)c(C)c(Cl)c1=O. The molecular weight excluding hydrogens is 384 g/mol. The highest BCUT2D eigenvalue weighted by atomic mass is 35.5. The van der Waals surface area contributed by atoms with Crippen LogP contribution in [0.2, 0.25) is 5.02 Å². The summed E-state index contributed by atoms with van der Waals surface area (Å²) < 4.78 is 1.92. The molecular formula is C24H25ClN2O2. The van der Waals surface area contributed by atoms with E-state index in [1.165, 1.54) is 0 Å². The summed E-state index contributed by atoms with van der Waals surface area (Å²) in [5.41, 5.74) is 4.71. The van der Waals surface area contributed by atoms with Crippen LogP contribution in [-0.2, 0) is 13.0 Å². The van der Waals surface area contributed by atoms with Gasteiger partial charge in [0, 0.05) is 23.6 Å². The van der Waals surface area contributed by atoms with E-state index in [0.29, 0.717) is 17.9 Å². The highest BCUT2D eigenvalue weighted by Crippen LogP contribution is 2.23. The number of nitrogens with zero attached hydrogens (tertiary/aromatic N) is 1. The first kappa shape index (κ1) is 20.9. The lowest BCUT2D eigenvalue weighted by Gasteiger charge is -2.20. The zero-order valence-electron chi connectivity index (χ0n) is 17.2. The minimum Gasteiger partial charge on any atom is -0.342 e. The summed E-state index contributed by atoms with van der Waals surface area (Å²) in [6.07, 6.45) is 0.781. The van der Waals surface area contributed by atoms with Gasteiger partial charge in [-0.2, -0.15) is 0 Å². The zero-order chi connectivity index (χ0) is 21.1. The van der Waals surface area contributed by atoms with E-state index in [9.17, 15) is 9.59 Å². The number of carbonyl (C=O) groups excluding carboxylic acids is 1. The van der Waals surface area contributed by atoms with Gasteiger partial charge in [0.1, 0.15) is 10.6 Å². The van der Waals surface area contributed by atoms with Crippen molar-refractivity contribution in [1.29, 1.82) is 0 Å². The predicted octanol–water partition coefficient (Wildman–Crippen LogP) is 5.29. The Kier molecular flexibility index (Phi) is 6.23. The molecule has 0 unspecified atom stereocenters. The van der Waals surface area contributed by atoms with E-state index in [1.54, 1.807) is 13.8 Å². The number of para-hydroxylation sites is 1. The van der Waals surface area contributed by atoms with Gasteiger partial charge >= 0.3 is 0 Å². The number of pyridine rings is 1. The lowest BCUT2D eigenvalue weighted by molar-refractivity contribution is 0.102. The molecule has 3 aromatic rings. The summed E-state index contributed by atoms with van der Waals surface area (Å²) in [5.74, 6) is -0.430. The zero-order valence-corrected chi connectivity index (χ0v) is 17.9. The Labute approximate surface area is 176 Å². The van der Waals surface area contributed by atoms with Gasteiger partial charge in [0.05, 0.1) is 0 Å². The summed E-state index contributed by atoms with van der Waals surface area (Å²) in [4.78, 5) is 26.0. The molecule has 1 aromatic heterocycles. The van der Waals surface area contributed by atoms with E-state index in [1.807, 2.05) is 66.9 Å². The van der Waals surface area contributed by atoms with Crippen LogP contribution < -0.4 is 10.7 Å². The second-order valence-electron chi connectivity index (χ2n) is 7.18. The Morgan fingerprint density at radius 1 is 1.00 bits per heavy atom. The van der Waals surface area contributed by atoms with Crippen LogP contribution in [0.4, 0.5) is 5.69 Å². The van der Waals surface area contributed by atoms with Crippen molar-refractivity contribution < 1.29 is 4.79 Å². The van der Waals surface area contributed by atoms with Gasteiger partial charge in [0.25, 0.3) is 5.91 Å². The topological polar surface area (TPSA) is 51.1 Å². The van der Waals surface area contributed by atoms with Crippen LogP contribution in [-0.4, -0.2) is 10.5 Å². The molecule has 1 heterocycles. The maximum absolute atomic E-state index is 13.2. The van der Waals surface area contributed by atoms with Gasteiger partial charge in [-0.1, -0.05) is 67.1 Å². The van der Waals surface area contributed by atoms with Crippen molar-refractivity contribution in [3.8, 4) is 0 Å². The number of amides is 1. The van der Waals surface area contributed by atoms with Crippen molar-refractivity contribution in [2.45, 2.75) is 40.7 Å². The second kappa shape index (κ2) is 8.66. The number of hydrogen-bond donors (Lipinski definition) is 1. The number of nitrogens with one attached hydrogen (secondary N) is 1. The Bertz CT molecular complexity index is 1120. The third kappa shape index (κ3) is 4.13. The van der Waals surface area contributed by atoms with Crippen LogP contribution in [0.1, 0.15) is 45.4 Å². The van der Waals surface area contributed by atoms with Crippen molar-refractivity contribution in [3.05, 3.63) is 97.4 Å². The average Bonchev–Trinajstić information content (AvgIpc) is 2.72. The smallest absolute Gasteiger partial charge is 0.261 e. The molecule has 150 valence electrons. The van der Waals surface area contributed by atoms with Crippen LogP contribution in [0.3, 0.4) is 0 Å². The lowest BCUT2D eigenvalue weighted by Crippen LogP contribution is -2.29. The quantitative estimate of drug-likeness (QED) is 0.623. The first-order chi connectivity index (χ1) is 13.8. The van der Waals surface area contributed by atoms with E-state index in [2.05, 4.69) is 5.32 Å². The Balaban J connectivity index is 2.08. The molecule has 0 radical (unpaired) electrons. The van der Waals surface area contributed by atoms with Gasteiger partial charge in [-0.15, -0.1) is 0 Å². The number of aryl methyl sites for hydroxylation is 2. The number of rotatable bonds is 5. The third-order valence-electron chi connectivity index (χ3n) is 5.30. The summed E-state index contributed by atoms with van der Waals surface area (Å²) in [5, 5.41) is 3.04. The molecule has 4 nitrogen and oxygen atoms in total. The Morgan fingerprint density at radius 3 is 2.34 bits per heavy atom. The third-order valence-corrected chi connectivity index (χ3v) is 5.75. The van der Waals surface area contributed by atoms with Crippen LogP contribution in [0, 0.1) is 20.8 Å². The molecule has 3 rings (SSSR count). The highest BCUT2D eigenvalue weighted by molar-refractivity contribution is 6.31. The number of aromatic nitrogens is 1. The fourth-order valence-electron chi connectivity index (χ4n) is 3.59. The summed E-state index contributed by atoms with van der Waals surface area (Å²) in [6.45, 7) is 8.10. The molecule has 2 aromatic carbocycles. The van der Waals surface area contributed by atoms with E-state index >= 15 is 0 Å². The number of benzene rings is 2. The van der Waals surface area contributed by atoms with Gasteiger partial charge in [-0.25, -0.2) is 0 Å². The van der Waals surface area contributed by atoms with Crippen molar-refractivity contribution in [2.24, 2.45) is 0 Å².